The zero-order valence-electron chi connectivity index (χ0n) is 17.1. The Balaban J connectivity index is 1.56. The maximum absolute atomic E-state index is 12.3. The van der Waals surface area contributed by atoms with E-state index in [-0.39, 0.29) is 10.6 Å². The lowest BCUT2D eigenvalue weighted by Gasteiger charge is -2.08. The number of thioether (sulfide) groups is 1. The summed E-state index contributed by atoms with van der Waals surface area (Å²) >= 11 is 7.23. The number of benzene rings is 2. The van der Waals surface area contributed by atoms with Gasteiger partial charge in [0.2, 0.25) is 0 Å². The molecule has 9 nitrogen and oxygen atoms in total. The van der Waals surface area contributed by atoms with Gasteiger partial charge in [-0.2, -0.15) is 0 Å². The number of aromatic nitrogens is 2. The lowest BCUT2D eigenvalue weighted by Crippen LogP contribution is -2.41. The number of hydrogen-bond donors (Lipinski definition) is 2. The molecule has 1 heterocycles. The topological polar surface area (TPSA) is 127 Å². The maximum Gasteiger partial charge on any atom is 0.288 e. The van der Waals surface area contributed by atoms with Gasteiger partial charge in [-0.25, -0.2) is 9.97 Å². The molecule has 2 N–H and O–H groups in total. The number of aryl methyl sites for hydroxylation is 2. The monoisotopic (exact) mass is 471 g/mol. The largest absolute Gasteiger partial charge is 0.288 e. The number of carbonyl (C=O) groups excluding carboxylic acids is 2. The Kier molecular flexibility index (Phi) is 7.39. The Labute approximate surface area is 192 Å². The first-order valence-electron chi connectivity index (χ1n) is 9.31. The van der Waals surface area contributed by atoms with Gasteiger partial charge in [0.05, 0.1) is 4.92 Å². The molecule has 0 atom stereocenters. The van der Waals surface area contributed by atoms with Crippen molar-refractivity contribution in [2.75, 3.05) is 0 Å². The first kappa shape index (κ1) is 23.2. The second kappa shape index (κ2) is 10.2. The third kappa shape index (κ3) is 6.02. The fraction of sp³-hybridized carbons (Fsp3) is 0.143. The first-order chi connectivity index (χ1) is 15.2. The third-order valence-electron chi connectivity index (χ3n) is 4.24. The number of amides is 2. The molecule has 0 spiro atoms. The van der Waals surface area contributed by atoms with Crippen molar-refractivity contribution in [3.8, 4) is 0 Å². The standard InChI is InChI=1S/C21H18ClN5O4S/c1-12-9-13(2)24-21(23-12)32-11-14-3-5-15(6-4-14)19(28)25-26-20(29)16-7-8-17(22)18(10-16)27(30)31/h3-10H,11H2,1-2H3,(H,25,28)(H,26,29). The van der Waals surface area contributed by atoms with Crippen LogP contribution in [0.1, 0.15) is 37.7 Å². The van der Waals surface area contributed by atoms with E-state index in [4.69, 9.17) is 11.6 Å². The van der Waals surface area contributed by atoms with Crippen LogP contribution >= 0.6 is 23.4 Å². The van der Waals surface area contributed by atoms with E-state index >= 15 is 0 Å². The molecular formula is C21H18ClN5O4S. The normalized spacial score (nSPS) is 10.5. The lowest BCUT2D eigenvalue weighted by molar-refractivity contribution is -0.384. The van der Waals surface area contributed by atoms with Crippen molar-refractivity contribution in [2.45, 2.75) is 24.8 Å². The summed E-state index contributed by atoms with van der Waals surface area (Å²) in [4.78, 5) is 43.5. The highest BCUT2D eigenvalue weighted by Gasteiger charge is 2.17. The molecule has 0 saturated carbocycles. The minimum absolute atomic E-state index is 0.0117. The second-order valence-corrected chi connectivity index (χ2v) is 8.10. The van der Waals surface area contributed by atoms with Crippen molar-refractivity contribution in [3.05, 3.63) is 91.7 Å². The van der Waals surface area contributed by atoms with Crippen LogP contribution in [0.4, 0.5) is 5.69 Å². The number of halogens is 1. The molecule has 2 aromatic carbocycles. The molecule has 32 heavy (non-hydrogen) atoms. The van der Waals surface area contributed by atoms with Crippen molar-refractivity contribution in [3.63, 3.8) is 0 Å². The molecule has 11 heteroatoms. The summed E-state index contributed by atoms with van der Waals surface area (Å²) in [6.45, 7) is 3.83. The van der Waals surface area contributed by atoms with E-state index in [1.165, 1.54) is 23.9 Å². The van der Waals surface area contributed by atoms with Crippen LogP contribution in [-0.4, -0.2) is 26.7 Å². The summed E-state index contributed by atoms with van der Waals surface area (Å²) in [5.41, 5.74) is 7.23. The fourth-order valence-electron chi connectivity index (χ4n) is 2.71. The number of rotatable bonds is 6. The predicted octanol–water partition coefficient (Wildman–Crippen LogP) is 4.02. The number of nitrogens with one attached hydrogen (secondary N) is 2. The van der Waals surface area contributed by atoms with Crippen molar-refractivity contribution >= 4 is 40.9 Å². The number of nitro groups is 1. The molecule has 164 valence electrons. The number of hydrazine groups is 1. The summed E-state index contributed by atoms with van der Waals surface area (Å²) in [7, 11) is 0. The number of nitrogens with zero attached hydrogens (tertiary/aromatic N) is 3. The van der Waals surface area contributed by atoms with Gasteiger partial charge in [-0.1, -0.05) is 35.5 Å². The van der Waals surface area contributed by atoms with Gasteiger partial charge in [0, 0.05) is 34.3 Å². The molecule has 2 amide bonds. The highest BCUT2D eigenvalue weighted by molar-refractivity contribution is 7.98. The van der Waals surface area contributed by atoms with E-state index in [0.29, 0.717) is 16.5 Å². The molecule has 0 aliphatic rings. The molecule has 1 aromatic heterocycles. The van der Waals surface area contributed by atoms with Crippen molar-refractivity contribution in [2.24, 2.45) is 0 Å². The minimum atomic E-state index is -0.709. The van der Waals surface area contributed by atoms with Gasteiger partial charge in [0.25, 0.3) is 17.5 Å². The molecule has 0 fully saturated rings. The lowest BCUT2D eigenvalue weighted by atomic mass is 10.1. The van der Waals surface area contributed by atoms with Gasteiger partial charge in [0.1, 0.15) is 5.02 Å². The van der Waals surface area contributed by atoms with E-state index in [0.717, 1.165) is 23.0 Å². The first-order valence-corrected chi connectivity index (χ1v) is 10.7. The van der Waals surface area contributed by atoms with Gasteiger partial charge in [-0.3, -0.25) is 30.6 Å². The van der Waals surface area contributed by atoms with Crippen molar-refractivity contribution < 1.29 is 14.5 Å². The molecule has 3 aromatic rings. The van der Waals surface area contributed by atoms with Gasteiger partial charge in [0.15, 0.2) is 5.16 Å². The Hall–Kier alpha value is -3.50. The third-order valence-corrected chi connectivity index (χ3v) is 5.48. The summed E-state index contributed by atoms with van der Waals surface area (Å²) in [6.07, 6.45) is 0. The van der Waals surface area contributed by atoms with Crippen LogP contribution in [0.15, 0.2) is 53.7 Å². The molecular weight excluding hydrogens is 454 g/mol. The SMILES string of the molecule is Cc1cc(C)nc(SCc2ccc(C(=O)NNC(=O)c3ccc(Cl)c([N+](=O)[O-])c3)cc2)n1. The van der Waals surface area contributed by atoms with E-state index in [9.17, 15) is 19.7 Å². The quantitative estimate of drug-likeness (QED) is 0.240. The minimum Gasteiger partial charge on any atom is -0.267 e. The van der Waals surface area contributed by atoms with Crippen LogP contribution in [0.2, 0.25) is 5.02 Å². The zero-order chi connectivity index (χ0) is 23.3. The molecule has 0 aliphatic heterocycles. The average Bonchev–Trinajstić information content (AvgIpc) is 2.75. The van der Waals surface area contributed by atoms with Crippen LogP contribution in [0.5, 0.6) is 0 Å². The predicted molar refractivity (Wildman–Crippen MR) is 121 cm³/mol. The van der Waals surface area contributed by atoms with Crippen LogP contribution in [0, 0.1) is 24.0 Å². The molecule has 0 unspecified atom stereocenters. The van der Waals surface area contributed by atoms with E-state index in [1.54, 1.807) is 24.3 Å². The maximum atomic E-state index is 12.3. The number of nitro benzene ring substituents is 1. The van der Waals surface area contributed by atoms with Crippen molar-refractivity contribution in [1.29, 1.82) is 0 Å². The van der Waals surface area contributed by atoms with Crippen LogP contribution < -0.4 is 10.9 Å². The molecule has 0 saturated heterocycles. The highest BCUT2D eigenvalue weighted by atomic mass is 35.5. The Morgan fingerprint density at radius 1 is 0.969 bits per heavy atom. The van der Waals surface area contributed by atoms with Crippen LogP contribution in [0.3, 0.4) is 0 Å². The summed E-state index contributed by atoms with van der Waals surface area (Å²) in [6, 6.07) is 12.4. The fourth-order valence-corrected chi connectivity index (χ4v) is 3.80. The average molecular weight is 472 g/mol. The van der Waals surface area contributed by atoms with E-state index < -0.39 is 22.4 Å². The molecule has 3 rings (SSSR count). The van der Waals surface area contributed by atoms with E-state index in [1.807, 2.05) is 19.9 Å². The van der Waals surface area contributed by atoms with Gasteiger partial charge < -0.3 is 0 Å². The summed E-state index contributed by atoms with van der Waals surface area (Å²) in [5, 5.41) is 11.5. The number of hydrogen-bond acceptors (Lipinski definition) is 7. The van der Waals surface area contributed by atoms with E-state index in [2.05, 4.69) is 20.8 Å². The zero-order valence-corrected chi connectivity index (χ0v) is 18.7. The van der Waals surface area contributed by atoms with Crippen molar-refractivity contribution in [1.82, 2.24) is 20.8 Å². The Morgan fingerprint density at radius 2 is 1.53 bits per heavy atom. The summed E-state index contributed by atoms with van der Waals surface area (Å²) in [5.74, 6) is -0.602. The van der Waals surface area contributed by atoms with Gasteiger partial charge in [-0.15, -0.1) is 0 Å². The molecule has 0 bridgehead atoms. The van der Waals surface area contributed by atoms with Crippen LogP contribution in [-0.2, 0) is 5.75 Å². The Morgan fingerprint density at radius 3 is 2.12 bits per heavy atom. The molecule has 0 radical (unpaired) electrons. The summed E-state index contributed by atoms with van der Waals surface area (Å²) < 4.78 is 0. The Bertz CT molecular complexity index is 1170. The van der Waals surface area contributed by atoms with Crippen LogP contribution in [0.25, 0.3) is 0 Å². The van der Waals surface area contributed by atoms with Gasteiger partial charge in [-0.05, 0) is 49.7 Å². The van der Waals surface area contributed by atoms with Gasteiger partial charge >= 0.3 is 0 Å². The molecule has 0 aliphatic carbocycles. The highest BCUT2D eigenvalue weighted by Crippen LogP contribution is 2.25. The smallest absolute Gasteiger partial charge is 0.267 e. The number of carbonyl (C=O) groups is 2. The second-order valence-electron chi connectivity index (χ2n) is 6.75.